The van der Waals surface area contributed by atoms with Crippen LogP contribution in [0, 0.1) is 0 Å². The van der Waals surface area contributed by atoms with Crippen LogP contribution in [0.4, 0.5) is 13.2 Å². The largest absolute Gasteiger partial charge is 0.416 e. The van der Waals surface area contributed by atoms with E-state index >= 15 is 0 Å². The highest BCUT2D eigenvalue weighted by atomic mass is 19.4. The predicted octanol–water partition coefficient (Wildman–Crippen LogP) is 8.38. The summed E-state index contributed by atoms with van der Waals surface area (Å²) in [5.41, 5.74) is 5.99. The summed E-state index contributed by atoms with van der Waals surface area (Å²) in [6, 6.07) is 24.4. The third kappa shape index (κ3) is 2.90. The third-order valence-electron chi connectivity index (χ3n) is 6.95. The molecule has 6 rings (SSSR count). The number of pyridine rings is 1. The van der Waals surface area contributed by atoms with Crippen molar-refractivity contribution in [2.75, 3.05) is 0 Å². The third-order valence-corrected chi connectivity index (χ3v) is 6.95. The van der Waals surface area contributed by atoms with Gasteiger partial charge in [-0.3, -0.25) is 4.98 Å². The lowest BCUT2D eigenvalue weighted by molar-refractivity contribution is -0.137. The van der Waals surface area contributed by atoms with Gasteiger partial charge in [-0.1, -0.05) is 68.4 Å². The lowest BCUT2D eigenvalue weighted by Gasteiger charge is -2.21. The van der Waals surface area contributed by atoms with Gasteiger partial charge in [0.1, 0.15) is 0 Å². The van der Waals surface area contributed by atoms with Gasteiger partial charge in [-0.2, -0.15) is 13.2 Å². The molecular formula is C29H20F3N. The van der Waals surface area contributed by atoms with Crippen molar-refractivity contribution in [3.8, 4) is 22.4 Å². The maximum absolute atomic E-state index is 13.4. The first-order valence-corrected chi connectivity index (χ1v) is 10.9. The number of hydrogen-bond donors (Lipinski definition) is 0. The normalized spacial score (nSPS) is 14.5. The number of halogens is 3. The molecule has 1 nitrogen and oxygen atoms in total. The van der Waals surface area contributed by atoms with Gasteiger partial charge in [0.15, 0.2) is 0 Å². The van der Waals surface area contributed by atoms with Gasteiger partial charge in [0, 0.05) is 22.6 Å². The molecule has 1 heterocycles. The molecule has 1 aliphatic carbocycles. The van der Waals surface area contributed by atoms with E-state index in [1.165, 1.54) is 34.4 Å². The SMILES string of the molecule is CC1(C)c2ccccc2-c2cc(-c3nccc4c3ccc3ccc(C(F)(F)F)cc34)ccc21. The summed E-state index contributed by atoms with van der Waals surface area (Å²) in [7, 11) is 0. The van der Waals surface area contributed by atoms with Crippen LogP contribution in [0.3, 0.4) is 0 Å². The van der Waals surface area contributed by atoms with Crippen molar-refractivity contribution in [3.05, 3.63) is 102 Å². The molecule has 0 bridgehead atoms. The van der Waals surface area contributed by atoms with Crippen LogP contribution in [-0.2, 0) is 11.6 Å². The van der Waals surface area contributed by atoms with Crippen molar-refractivity contribution >= 4 is 21.5 Å². The maximum Gasteiger partial charge on any atom is 0.416 e. The molecule has 0 amide bonds. The Kier molecular flexibility index (Phi) is 4.04. The predicted molar refractivity (Wildman–Crippen MR) is 127 cm³/mol. The highest BCUT2D eigenvalue weighted by Crippen LogP contribution is 2.49. The van der Waals surface area contributed by atoms with Gasteiger partial charge in [-0.05, 0) is 62.7 Å². The van der Waals surface area contributed by atoms with Crippen molar-refractivity contribution in [1.82, 2.24) is 4.98 Å². The summed E-state index contributed by atoms with van der Waals surface area (Å²) in [5, 5.41) is 2.97. The molecule has 0 fully saturated rings. The number of hydrogen-bond acceptors (Lipinski definition) is 1. The zero-order valence-electron chi connectivity index (χ0n) is 18.2. The van der Waals surface area contributed by atoms with Crippen LogP contribution in [0.15, 0.2) is 85.1 Å². The van der Waals surface area contributed by atoms with Crippen molar-refractivity contribution in [1.29, 1.82) is 0 Å². The van der Waals surface area contributed by atoms with Crippen LogP contribution >= 0.6 is 0 Å². The fourth-order valence-electron chi connectivity index (χ4n) is 5.26. The minimum atomic E-state index is -4.38. The molecule has 1 aliphatic rings. The first-order valence-electron chi connectivity index (χ1n) is 10.9. The molecule has 0 radical (unpaired) electrons. The quantitative estimate of drug-likeness (QED) is 0.239. The Morgan fingerprint density at radius 1 is 0.697 bits per heavy atom. The number of alkyl halides is 3. The Bertz CT molecular complexity index is 1580. The summed E-state index contributed by atoms with van der Waals surface area (Å²) in [6.45, 7) is 4.47. The van der Waals surface area contributed by atoms with Crippen molar-refractivity contribution in [2.24, 2.45) is 0 Å². The highest BCUT2D eigenvalue weighted by Gasteiger charge is 2.35. The number of aromatic nitrogens is 1. The maximum atomic E-state index is 13.4. The minimum absolute atomic E-state index is 0.0825. The van der Waals surface area contributed by atoms with E-state index in [0.29, 0.717) is 5.39 Å². The standard InChI is InChI=1S/C29H20F3N/c1-28(2)25-6-4-3-5-21(25)24-15-18(9-12-26(24)28)27-22-11-8-17-7-10-19(29(30,31)32)16-23(17)20(22)13-14-33-27/h3-16H,1-2H3. The van der Waals surface area contributed by atoms with E-state index in [1.54, 1.807) is 12.3 Å². The molecule has 0 saturated heterocycles. The van der Waals surface area contributed by atoms with E-state index in [4.69, 9.17) is 0 Å². The molecule has 0 unspecified atom stereocenters. The number of rotatable bonds is 1. The molecule has 0 N–H and O–H groups in total. The van der Waals surface area contributed by atoms with Crippen LogP contribution in [0.2, 0.25) is 0 Å². The molecule has 33 heavy (non-hydrogen) atoms. The highest BCUT2D eigenvalue weighted by molar-refractivity contribution is 6.11. The summed E-state index contributed by atoms with van der Waals surface area (Å²) in [4.78, 5) is 4.65. The zero-order chi connectivity index (χ0) is 23.0. The second-order valence-corrected chi connectivity index (χ2v) is 9.18. The fourth-order valence-corrected chi connectivity index (χ4v) is 5.26. The van der Waals surface area contributed by atoms with E-state index in [1.807, 2.05) is 12.1 Å². The lowest BCUT2D eigenvalue weighted by Crippen LogP contribution is -2.14. The number of nitrogens with zero attached hydrogens (tertiary/aromatic N) is 1. The molecule has 162 valence electrons. The van der Waals surface area contributed by atoms with Crippen LogP contribution in [0.1, 0.15) is 30.5 Å². The Morgan fingerprint density at radius 3 is 2.27 bits per heavy atom. The molecule has 0 spiro atoms. The molecule has 0 atom stereocenters. The summed E-state index contributed by atoms with van der Waals surface area (Å²) >= 11 is 0. The fraction of sp³-hybridized carbons (Fsp3) is 0.138. The van der Waals surface area contributed by atoms with Crippen molar-refractivity contribution in [2.45, 2.75) is 25.4 Å². The minimum Gasteiger partial charge on any atom is -0.256 e. The first kappa shape index (κ1) is 20.0. The van der Waals surface area contributed by atoms with Crippen LogP contribution in [-0.4, -0.2) is 4.98 Å². The van der Waals surface area contributed by atoms with Crippen molar-refractivity contribution < 1.29 is 13.2 Å². The second-order valence-electron chi connectivity index (χ2n) is 9.18. The van der Waals surface area contributed by atoms with E-state index < -0.39 is 11.7 Å². The lowest BCUT2D eigenvalue weighted by atomic mass is 9.82. The van der Waals surface area contributed by atoms with Gasteiger partial charge in [-0.25, -0.2) is 0 Å². The summed E-state index contributed by atoms with van der Waals surface area (Å²) < 4.78 is 40.1. The van der Waals surface area contributed by atoms with Gasteiger partial charge in [0.2, 0.25) is 0 Å². The number of fused-ring (bicyclic) bond motifs is 6. The average Bonchev–Trinajstić information content (AvgIpc) is 3.04. The molecule has 4 aromatic carbocycles. The topological polar surface area (TPSA) is 12.9 Å². The Labute approximate surface area is 189 Å². The van der Waals surface area contributed by atoms with E-state index in [9.17, 15) is 13.2 Å². The molecule has 0 aliphatic heterocycles. The van der Waals surface area contributed by atoms with E-state index in [-0.39, 0.29) is 5.41 Å². The van der Waals surface area contributed by atoms with Gasteiger partial charge < -0.3 is 0 Å². The number of benzene rings is 4. The average molecular weight is 439 g/mol. The van der Waals surface area contributed by atoms with Gasteiger partial charge in [-0.15, -0.1) is 0 Å². The monoisotopic (exact) mass is 439 g/mol. The van der Waals surface area contributed by atoms with Crippen LogP contribution in [0.5, 0.6) is 0 Å². The molecule has 4 heteroatoms. The van der Waals surface area contributed by atoms with Crippen LogP contribution < -0.4 is 0 Å². The Morgan fingerprint density at radius 2 is 1.45 bits per heavy atom. The summed E-state index contributed by atoms with van der Waals surface area (Å²) in [5.74, 6) is 0. The van der Waals surface area contributed by atoms with Gasteiger partial charge >= 0.3 is 6.18 Å². The summed E-state index contributed by atoms with van der Waals surface area (Å²) in [6.07, 6.45) is -2.70. The van der Waals surface area contributed by atoms with Crippen molar-refractivity contribution in [3.63, 3.8) is 0 Å². The first-order chi connectivity index (χ1) is 15.7. The molecule has 1 aromatic heterocycles. The van der Waals surface area contributed by atoms with E-state index in [2.05, 4.69) is 61.3 Å². The van der Waals surface area contributed by atoms with E-state index in [0.717, 1.165) is 33.5 Å². The molecular weight excluding hydrogens is 419 g/mol. The molecule has 5 aromatic rings. The van der Waals surface area contributed by atoms with Gasteiger partial charge in [0.05, 0.1) is 11.3 Å². The Balaban J connectivity index is 1.59. The van der Waals surface area contributed by atoms with Crippen LogP contribution in [0.25, 0.3) is 43.9 Å². The second kappa shape index (κ2) is 6.67. The smallest absolute Gasteiger partial charge is 0.256 e. The molecule has 0 saturated carbocycles. The van der Waals surface area contributed by atoms with Gasteiger partial charge in [0.25, 0.3) is 0 Å². The zero-order valence-corrected chi connectivity index (χ0v) is 18.2. The Hall–Kier alpha value is -3.66.